The van der Waals surface area contributed by atoms with E-state index in [1.807, 2.05) is 0 Å². The van der Waals surface area contributed by atoms with Gasteiger partial charge in [0, 0.05) is 13.1 Å². The quantitative estimate of drug-likeness (QED) is 0.580. The summed E-state index contributed by atoms with van der Waals surface area (Å²) < 4.78 is 5.33. The second kappa shape index (κ2) is 3.25. The molecule has 1 saturated heterocycles. The van der Waals surface area contributed by atoms with Gasteiger partial charge in [-0.1, -0.05) is 13.8 Å². The molecule has 3 heteroatoms. The highest BCUT2D eigenvalue weighted by Crippen LogP contribution is 2.20. The largest absolute Gasteiger partial charge is 0.311 e. The van der Waals surface area contributed by atoms with E-state index in [2.05, 4.69) is 36.1 Å². The number of nitrogens with zero attached hydrogens (tertiary/aromatic N) is 2. The van der Waals surface area contributed by atoms with Crippen LogP contribution in [0.1, 0.15) is 13.8 Å². The average molecular weight is 172 g/mol. The topological polar surface area (TPSA) is 6.48 Å². The van der Waals surface area contributed by atoms with E-state index in [-0.39, 0.29) is 0 Å². The maximum absolute atomic E-state index is 2.66. The Morgan fingerprint density at radius 2 is 1.36 bits per heavy atom. The lowest BCUT2D eigenvalue weighted by Gasteiger charge is -2.34. The van der Waals surface area contributed by atoms with Crippen LogP contribution < -0.4 is 0 Å². The van der Waals surface area contributed by atoms with Gasteiger partial charge in [0.1, 0.15) is 0 Å². The standard InChI is InChI=1S/C8H20N2Si/c1-5-9-7-8-10(6-2)11(9,3)4/h5-8H2,1-4H3. The van der Waals surface area contributed by atoms with Crippen molar-refractivity contribution in [1.29, 1.82) is 0 Å². The van der Waals surface area contributed by atoms with Gasteiger partial charge in [0.05, 0.1) is 0 Å². The summed E-state index contributed by atoms with van der Waals surface area (Å²) in [4.78, 5) is 0. The molecule has 0 amide bonds. The van der Waals surface area contributed by atoms with Gasteiger partial charge in [-0.15, -0.1) is 0 Å². The Balaban J connectivity index is 2.64. The summed E-state index contributed by atoms with van der Waals surface area (Å²) >= 11 is 0. The lowest BCUT2D eigenvalue weighted by atomic mass is 10.6. The van der Waals surface area contributed by atoms with Gasteiger partial charge < -0.3 is 9.13 Å². The summed E-state index contributed by atoms with van der Waals surface area (Å²) in [6.07, 6.45) is 0. The molecular weight excluding hydrogens is 152 g/mol. The van der Waals surface area contributed by atoms with E-state index >= 15 is 0 Å². The van der Waals surface area contributed by atoms with Crippen molar-refractivity contribution in [3.8, 4) is 0 Å². The molecule has 0 atom stereocenters. The zero-order chi connectivity index (χ0) is 8.48. The molecule has 0 aromatic rings. The van der Waals surface area contributed by atoms with Crippen LogP contribution in [0.2, 0.25) is 13.1 Å². The van der Waals surface area contributed by atoms with E-state index < -0.39 is 8.40 Å². The maximum Gasteiger partial charge on any atom is 0.200 e. The molecule has 0 saturated carbocycles. The predicted octanol–water partition coefficient (Wildman–Crippen LogP) is 1.35. The first-order valence-corrected chi connectivity index (χ1v) is 7.52. The van der Waals surface area contributed by atoms with Gasteiger partial charge in [-0.05, 0) is 26.2 Å². The normalized spacial score (nSPS) is 26.2. The third kappa shape index (κ3) is 1.50. The Kier molecular flexibility index (Phi) is 2.73. The Hall–Kier alpha value is 0.137. The SMILES string of the molecule is CCN1CCN(CC)[Si]1(C)C. The monoisotopic (exact) mass is 172 g/mol. The molecule has 1 fully saturated rings. The first-order valence-electron chi connectivity index (χ1n) is 4.63. The van der Waals surface area contributed by atoms with Crippen LogP contribution in [0.4, 0.5) is 0 Å². The Morgan fingerprint density at radius 1 is 1.00 bits per heavy atom. The summed E-state index contributed by atoms with van der Waals surface area (Å²) in [7, 11) is -1.13. The highest BCUT2D eigenvalue weighted by atomic mass is 28.3. The van der Waals surface area contributed by atoms with Gasteiger partial charge in [0.15, 0.2) is 0 Å². The molecule has 1 rings (SSSR count). The Morgan fingerprint density at radius 3 is 1.55 bits per heavy atom. The highest BCUT2D eigenvalue weighted by molar-refractivity contribution is 6.72. The molecule has 1 aliphatic rings. The maximum atomic E-state index is 2.66. The van der Waals surface area contributed by atoms with E-state index in [4.69, 9.17) is 0 Å². The lowest BCUT2D eigenvalue weighted by molar-refractivity contribution is 0.486. The zero-order valence-corrected chi connectivity index (χ0v) is 9.22. The van der Waals surface area contributed by atoms with Crippen molar-refractivity contribution < 1.29 is 0 Å². The van der Waals surface area contributed by atoms with E-state index in [9.17, 15) is 0 Å². The van der Waals surface area contributed by atoms with Crippen LogP contribution in [-0.2, 0) is 0 Å². The van der Waals surface area contributed by atoms with Crippen LogP contribution in [0, 0.1) is 0 Å². The van der Waals surface area contributed by atoms with Crippen LogP contribution in [0.5, 0.6) is 0 Å². The van der Waals surface area contributed by atoms with Gasteiger partial charge in [-0.2, -0.15) is 0 Å². The molecule has 11 heavy (non-hydrogen) atoms. The minimum Gasteiger partial charge on any atom is -0.311 e. The van der Waals surface area contributed by atoms with Crippen LogP contribution in [0.15, 0.2) is 0 Å². The van der Waals surface area contributed by atoms with Crippen molar-refractivity contribution in [1.82, 2.24) is 9.13 Å². The smallest absolute Gasteiger partial charge is 0.200 e. The molecule has 0 aromatic carbocycles. The molecule has 2 nitrogen and oxygen atoms in total. The van der Waals surface area contributed by atoms with Crippen molar-refractivity contribution in [2.45, 2.75) is 26.9 Å². The molecule has 0 aromatic heterocycles. The predicted molar refractivity (Wildman–Crippen MR) is 52.0 cm³/mol. The van der Waals surface area contributed by atoms with E-state index in [0.29, 0.717) is 0 Å². The number of likely N-dealkylation sites (N-methyl/N-ethyl adjacent to an activating group) is 2. The Labute approximate surface area is 71.3 Å². The molecule has 0 aliphatic carbocycles. The third-order valence-electron chi connectivity index (χ3n) is 2.95. The molecule has 66 valence electrons. The molecule has 0 radical (unpaired) electrons. The average Bonchev–Trinajstić information content (AvgIpc) is 2.24. The van der Waals surface area contributed by atoms with E-state index in [1.165, 1.54) is 26.2 Å². The summed E-state index contributed by atoms with van der Waals surface area (Å²) in [5.41, 5.74) is 0. The molecule has 0 spiro atoms. The summed E-state index contributed by atoms with van der Waals surface area (Å²) in [6.45, 7) is 14.5. The number of hydrogen-bond donors (Lipinski definition) is 0. The molecule has 0 N–H and O–H groups in total. The fourth-order valence-electron chi connectivity index (χ4n) is 2.08. The van der Waals surface area contributed by atoms with Crippen molar-refractivity contribution in [3.05, 3.63) is 0 Å². The summed E-state index contributed by atoms with van der Waals surface area (Å²) in [5.74, 6) is 0. The van der Waals surface area contributed by atoms with Crippen LogP contribution >= 0.6 is 0 Å². The van der Waals surface area contributed by atoms with Crippen molar-refractivity contribution in [2.75, 3.05) is 26.2 Å². The van der Waals surface area contributed by atoms with Crippen molar-refractivity contribution >= 4 is 8.40 Å². The van der Waals surface area contributed by atoms with Crippen molar-refractivity contribution in [2.24, 2.45) is 0 Å². The van der Waals surface area contributed by atoms with Gasteiger partial charge in [0.2, 0.25) is 8.40 Å². The number of hydrogen-bond acceptors (Lipinski definition) is 2. The van der Waals surface area contributed by atoms with Gasteiger partial charge in [-0.3, -0.25) is 0 Å². The molecule has 1 aliphatic heterocycles. The fourth-order valence-corrected chi connectivity index (χ4v) is 5.32. The second-order valence-electron chi connectivity index (χ2n) is 3.65. The van der Waals surface area contributed by atoms with Gasteiger partial charge in [-0.25, -0.2) is 0 Å². The minimum absolute atomic E-state index is 1.13. The lowest BCUT2D eigenvalue weighted by Crippen LogP contribution is -2.53. The van der Waals surface area contributed by atoms with Crippen molar-refractivity contribution in [3.63, 3.8) is 0 Å². The Bertz CT molecular complexity index is 122. The third-order valence-corrected chi connectivity index (χ3v) is 7.13. The second-order valence-corrected chi connectivity index (χ2v) is 7.91. The van der Waals surface area contributed by atoms with Crippen LogP contribution in [-0.4, -0.2) is 43.7 Å². The van der Waals surface area contributed by atoms with E-state index in [1.54, 1.807) is 0 Å². The summed E-state index contributed by atoms with van der Waals surface area (Å²) in [6, 6.07) is 0. The first kappa shape index (κ1) is 9.23. The number of rotatable bonds is 2. The van der Waals surface area contributed by atoms with Crippen LogP contribution in [0.25, 0.3) is 0 Å². The van der Waals surface area contributed by atoms with Gasteiger partial charge >= 0.3 is 0 Å². The van der Waals surface area contributed by atoms with Crippen LogP contribution in [0.3, 0.4) is 0 Å². The molecule has 1 heterocycles. The molecule has 0 bridgehead atoms. The molecule has 0 unspecified atom stereocenters. The van der Waals surface area contributed by atoms with Gasteiger partial charge in [0.25, 0.3) is 0 Å². The fraction of sp³-hybridized carbons (Fsp3) is 1.00. The highest BCUT2D eigenvalue weighted by Gasteiger charge is 2.39. The first-order chi connectivity index (χ1) is 5.12. The minimum atomic E-state index is -1.13. The van der Waals surface area contributed by atoms with E-state index in [0.717, 1.165) is 0 Å². The summed E-state index contributed by atoms with van der Waals surface area (Å²) in [5, 5.41) is 0. The zero-order valence-electron chi connectivity index (χ0n) is 8.22. The molecular formula is C8H20N2Si.